The maximum Gasteiger partial charge on any atom is 0.276 e. The monoisotopic (exact) mass is 303 g/mol. The first-order valence-corrected chi connectivity index (χ1v) is 7.72. The molecule has 22 heavy (non-hydrogen) atoms. The number of rotatable bonds is 5. The third kappa shape index (κ3) is 3.22. The Morgan fingerprint density at radius 2 is 2.23 bits per heavy atom. The van der Waals surface area contributed by atoms with Crippen LogP contribution >= 0.6 is 0 Å². The molecule has 0 unspecified atom stereocenters. The first kappa shape index (κ1) is 14.8. The third-order valence-corrected chi connectivity index (χ3v) is 4.20. The SMILES string of the molecule is CNCCC1CCN(C(=O)c2cc(-c3ccco3)on2)CC1. The zero-order chi connectivity index (χ0) is 15.4. The van der Waals surface area contributed by atoms with Crippen LogP contribution in [0.3, 0.4) is 0 Å². The number of likely N-dealkylation sites (tertiary alicyclic amines) is 1. The number of hydrogen-bond donors (Lipinski definition) is 1. The van der Waals surface area contributed by atoms with Crippen molar-refractivity contribution in [2.24, 2.45) is 5.92 Å². The summed E-state index contributed by atoms with van der Waals surface area (Å²) in [7, 11) is 1.97. The fourth-order valence-electron chi connectivity index (χ4n) is 2.85. The first-order valence-electron chi connectivity index (χ1n) is 7.72. The van der Waals surface area contributed by atoms with Gasteiger partial charge in [0.05, 0.1) is 6.26 Å². The highest BCUT2D eigenvalue weighted by Crippen LogP contribution is 2.24. The van der Waals surface area contributed by atoms with Gasteiger partial charge in [0.15, 0.2) is 11.5 Å². The molecule has 0 aromatic carbocycles. The van der Waals surface area contributed by atoms with Gasteiger partial charge in [-0.2, -0.15) is 0 Å². The number of carbonyl (C=O) groups is 1. The Balaban J connectivity index is 1.58. The van der Waals surface area contributed by atoms with Crippen LogP contribution in [-0.4, -0.2) is 42.6 Å². The second-order valence-electron chi connectivity index (χ2n) is 5.68. The van der Waals surface area contributed by atoms with Gasteiger partial charge in [0.25, 0.3) is 5.91 Å². The van der Waals surface area contributed by atoms with E-state index >= 15 is 0 Å². The van der Waals surface area contributed by atoms with Gasteiger partial charge in [-0.3, -0.25) is 4.79 Å². The van der Waals surface area contributed by atoms with Gasteiger partial charge >= 0.3 is 0 Å². The van der Waals surface area contributed by atoms with E-state index in [0.29, 0.717) is 23.1 Å². The van der Waals surface area contributed by atoms with Gasteiger partial charge in [0.1, 0.15) is 0 Å². The summed E-state index contributed by atoms with van der Waals surface area (Å²) in [5, 5.41) is 7.06. The van der Waals surface area contributed by atoms with Crippen LogP contribution in [0.15, 0.2) is 33.4 Å². The molecule has 1 aliphatic heterocycles. The summed E-state index contributed by atoms with van der Waals surface area (Å²) in [5.41, 5.74) is 0.347. The Hall–Kier alpha value is -2.08. The van der Waals surface area contributed by atoms with Crippen LogP contribution in [0.4, 0.5) is 0 Å². The summed E-state index contributed by atoms with van der Waals surface area (Å²) in [4.78, 5) is 14.3. The number of aromatic nitrogens is 1. The largest absolute Gasteiger partial charge is 0.461 e. The minimum Gasteiger partial charge on any atom is -0.461 e. The molecule has 1 N–H and O–H groups in total. The molecule has 2 aromatic heterocycles. The summed E-state index contributed by atoms with van der Waals surface area (Å²) in [6, 6.07) is 5.20. The quantitative estimate of drug-likeness (QED) is 0.918. The van der Waals surface area contributed by atoms with Gasteiger partial charge in [0.2, 0.25) is 5.76 Å². The van der Waals surface area contributed by atoms with Crippen LogP contribution < -0.4 is 5.32 Å². The van der Waals surface area contributed by atoms with E-state index < -0.39 is 0 Å². The van der Waals surface area contributed by atoms with Crippen molar-refractivity contribution in [2.45, 2.75) is 19.3 Å². The van der Waals surface area contributed by atoms with Gasteiger partial charge in [-0.1, -0.05) is 5.16 Å². The Bertz CT molecular complexity index is 598. The van der Waals surface area contributed by atoms with Crippen LogP contribution in [-0.2, 0) is 0 Å². The van der Waals surface area contributed by atoms with Crippen molar-refractivity contribution in [1.82, 2.24) is 15.4 Å². The van der Waals surface area contributed by atoms with Crippen LogP contribution in [0.5, 0.6) is 0 Å². The Morgan fingerprint density at radius 3 is 2.91 bits per heavy atom. The zero-order valence-corrected chi connectivity index (χ0v) is 12.7. The summed E-state index contributed by atoms with van der Waals surface area (Å²) in [5.74, 6) is 1.70. The lowest BCUT2D eigenvalue weighted by atomic mass is 9.93. The summed E-state index contributed by atoms with van der Waals surface area (Å²) >= 11 is 0. The number of amides is 1. The average molecular weight is 303 g/mol. The molecule has 2 aromatic rings. The lowest BCUT2D eigenvalue weighted by molar-refractivity contribution is 0.0677. The molecule has 1 amide bonds. The van der Waals surface area contributed by atoms with E-state index in [9.17, 15) is 4.79 Å². The van der Waals surface area contributed by atoms with Crippen LogP contribution in [0.1, 0.15) is 29.8 Å². The molecule has 118 valence electrons. The highest BCUT2D eigenvalue weighted by atomic mass is 16.5. The number of piperidine rings is 1. The van der Waals surface area contributed by atoms with E-state index in [2.05, 4.69) is 10.5 Å². The number of furan rings is 1. The molecule has 1 aliphatic rings. The fourth-order valence-corrected chi connectivity index (χ4v) is 2.85. The zero-order valence-electron chi connectivity index (χ0n) is 12.7. The van der Waals surface area contributed by atoms with Gasteiger partial charge in [-0.15, -0.1) is 0 Å². The minimum atomic E-state index is -0.0615. The van der Waals surface area contributed by atoms with Crippen molar-refractivity contribution in [2.75, 3.05) is 26.7 Å². The topological polar surface area (TPSA) is 71.5 Å². The second kappa shape index (κ2) is 6.79. The second-order valence-corrected chi connectivity index (χ2v) is 5.68. The molecule has 6 heteroatoms. The van der Waals surface area contributed by atoms with Gasteiger partial charge in [0, 0.05) is 19.2 Å². The fraction of sp³-hybridized carbons (Fsp3) is 0.500. The smallest absolute Gasteiger partial charge is 0.276 e. The third-order valence-electron chi connectivity index (χ3n) is 4.20. The van der Waals surface area contributed by atoms with Crippen molar-refractivity contribution >= 4 is 5.91 Å². The van der Waals surface area contributed by atoms with E-state index in [-0.39, 0.29) is 5.91 Å². The number of hydrogen-bond acceptors (Lipinski definition) is 5. The lowest BCUT2D eigenvalue weighted by Gasteiger charge is -2.31. The molecule has 0 radical (unpaired) electrons. The summed E-state index contributed by atoms with van der Waals surface area (Å²) in [6.07, 6.45) is 4.84. The Labute approximate surface area is 129 Å². The highest BCUT2D eigenvalue weighted by molar-refractivity contribution is 5.93. The standard InChI is InChI=1S/C16H21N3O3/c1-17-7-4-12-5-8-19(9-6-12)16(20)13-11-15(22-18-13)14-3-2-10-21-14/h2-3,10-12,17H,4-9H2,1H3. The minimum absolute atomic E-state index is 0.0615. The molecule has 3 rings (SSSR count). The van der Waals surface area contributed by atoms with Crippen LogP contribution in [0.2, 0.25) is 0 Å². The Kier molecular flexibility index (Phi) is 4.58. The van der Waals surface area contributed by atoms with E-state index in [4.69, 9.17) is 8.94 Å². The number of nitrogens with one attached hydrogen (secondary N) is 1. The van der Waals surface area contributed by atoms with Gasteiger partial charge in [-0.05, 0) is 50.9 Å². The predicted octanol–water partition coefficient (Wildman–Crippen LogP) is 2.40. The normalized spacial score (nSPS) is 16.1. The number of nitrogens with zero attached hydrogens (tertiary/aromatic N) is 2. The molecule has 0 atom stereocenters. The van der Waals surface area contributed by atoms with Crippen molar-refractivity contribution in [3.8, 4) is 11.5 Å². The molecule has 1 fully saturated rings. The highest BCUT2D eigenvalue weighted by Gasteiger charge is 2.25. The molecule has 0 bridgehead atoms. The van der Waals surface area contributed by atoms with Crippen molar-refractivity contribution in [3.05, 3.63) is 30.2 Å². The van der Waals surface area contributed by atoms with Gasteiger partial charge in [-0.25, -0.2) is 0 Å². The van der Waals surface area contributed by atoms with Crippen molar-refractivity contribution in [3.63, 3.8) is 0 Å². The maximum atomic E-state index is 12.5. The predicted molar refractivity (Wildman–Crippen MR) is 81.4 cm³/mol. The van der Waals surface area contributed by atoms with E-state index in [0.717, 1.165) is 32.5 Å². The maximum absolute atomic E-state index is 12.5. The van der Waals surface area contributed by atoms with Crippen molar-refractivity contribution in [1.29, 1.82) is 0 Å². The summed E-state index contributed by atoms with van der Waals surface area (Å²) in [6.45, 7) is 2.61. The van der Waals surface area contributed by atoms with E-state index in [1.807, 2.05) is 11.9 Å². The molecule has 1 saturated heterocycles. The van der Waals surface area contributed by atoms with E-state index in [1.165, 1.54) is 6.42 Å². The molecule has 6 nitrogen and oxygen atoms in total. The van der Waals surface area contributed by atoms with Gasteiger partial charge < -0.3 is 19.2 Å². The number of carbonyl (C=O) groups excluding carboxylic acids is 1. The molecule has 0 aliphatic carbocycles. The van der Waals surface area contributed by atoms with Crippen molar-refractivity contribution < 1.29 is 13.7 Å². The summed E-state index contributed by atoms with van der Waals surface area (Å²) < 4.78 is 10.4. The molecule has 3 heterocycles. The molecular formula is C16H21N3O3. The first-order chi connectivity index (χ1) is 10.8. The Morgan fingerprint density at radius 1 is 1.41 bits per heavy atom. The van der Waals surface area contributed by atoms with E-state index in [1.54, 1.807) is 24.5 Å². The average Bonchev–Trinajstić information content (AvgIpc) is 3.23. The molecule has 0 spiro atoms. The van der Waals surface area contributed by atoms with Crippen LogP contribution in [0.25, 0.3) is 11.5 Å². The van der Waals surface area contributed by atoms with Crippen LogP contribution in [0, 0.1) is 5.92 Å². The molecule has 0 saturated carbocycles. The lowest BCUT2D eigenvalue weighted by Crippen LogP contribution is -2.39. The molecular weight excluding hydrogens is 282 g/mol.